The summed E-state index contributed by atoms with van der Waals surface area (Å²) in [4.78, 5) is 25.9. The van der Waals surface area contributed by atoms with Crippen molar-refractivity contribution in [3.05, 3.63) is 22.8 Å². The monoisotopic (exact) mass is 256 g/mol. The molecule has 17 heavy (non-hydrogen) atoms. The second-order valence-corrected chi connectivity index (χ2v) is 3.69. The average Bonchev–Trinajstić information content (AvgIpc) is 2.29. The Hall–Kier alpha value is -1.62. The van der Waals surface area contributed by atoms with Gasteiger partial charge in [-0.1, -0.05) is 24.9 Å². The van der Waals surface area contributed by atoms with Crippen molar-refractivity contribution >= 4 is 29.8 Å². The third-order valence-electron chi connectivity index (χ3n) is 1.97. The summed E-state index contributed by atoms with van der Waals surface area (Å²) >= 11 is 5.66. The van der Waals surface area contributed by atoms with E-state index in [0.29, 0.717) is 12.9 Å². The van der Waals surface area contributed by atoms with Crippen molar-refractivity contribution in [1.29, 1.82) is 0 Å². The number of pyridine rings is 1. The summed E-state index contributed by atoms with van der Waals surface area (Å²) in [6.45, 7) is 2.32. The molecule has 0 aliphatic heterocycles. The Kier molecular flexibility index (Phi) is 5.42. The molecule has 0 atom stereocenters. The minimum atomic E-state index is -0.642. The standard InChI is InChI=1S/C11H13ClN2O3/c1-2-3-6-17-11(16)14-10-8(7-15)4-5-9(12)13-10/h4-5,7H,2-3,6H2,1H3,(H,13,14,16). The molecular formula is C11H13ClN2O3. The number of hydrogen-bond donors (Lipinski definition) is 1. The zero-order valence-corrected chi connectivity index (χ0v) is 10.2. The molecule has 0 aliphatic rings. The summed E-state index contributed by atoms with van der Waals surface area (Å²) in [6.07, 6.45) is 1.67. The average molecular weight is 257 g/mol. The van der Waals surface area contributed by atoms with E-state index in [1.807, 2.05) is 6.92 Å². The SMILES string of the molecule is CCCCOC(=O)Nc1nc(Cl)ccc1C=O. The number of carbonyl (C=O) groups excluding carboxylic acids is 2. The van der Waals surface area contributed by atoms with Gasteiger partial charge in [0.25, 0.3) is 0 Å². The van der Waals surface area contributed by atoms with Gasteiger partial charge in [-0.05, 0) is 18.6 Å². The fourth-order valence-electron chi connectivity index (χ4n) is 1.08. The molecule has 0 saturated heterocycles. The lowest BCUT2D eigenvalue weighted by Gasteiger charge is -2.07. The molecule has 1 heterocycles. The molecule has 6 heteroatoms. The number of nitrogens with zero attached hydrogens (tertiary/aromatic N) is 1. The molecule has 0 aromatic carbocycles. The number of aldehydes is 1. The van der Waals surface area contributed by atoms with Crippen molar-refractivity contribution in [3.63, 3.8) is 0 Å². The summed E-state index contributed by atoms with van der Waals surface area (Å²) in [6, 6.07) is 2.95. The van der Waals surface area contributed by atoms with Crippen molar-refractivity contribution in [2.75, 3.05) is 11.9 Å². The lowest BCUT2D eigenvalue weighted by Crippen LogP contribution is -2.16. The minimum Gasteiger partial charge on any atom is -0.449 e. The normalized spacial score (nSPS) is 9.76. The highest BCUT2D eigenvalue weighted by molar-refractivity contribution is 6.29. The van der Waals surface area contributed by atoms with Crippen LogP contribution in [0.15, 0.2) is 12.1 Å². The molecule has 0 fully saturated rings. The molecule has 0 spiro atoms. The number of ether oxygens (including phenoxy) is 1. The fourth-order valence-corrected chi connectivity index (χ4v) is 1.23. The van der Waals surface area contributed by atoms with Crippen LogP contribution in [0.1, 0.15) is 30.1 Å². The van der Waals surface area contributed by atoms with Crippen LogP contribution in [-0.2, 0) is 4.74 Å². The van der Waals surface area contributed by atoms with E-state index in [0.717, 1.165) is 12.8 Å². The smallest absolute Gasteiger partial charge is 0.412 e. The van der Waals surface area contributed by atoms with Crippen molar-refractivity contribution in [2.45, 2.75) is 19.8 Å². The second-order valence-electron chi connectivity index (χ2n) is 3.30. The Morgan fingerprint density at radius 3 is 3.00 bits per heavy atom. The first kappa shape index (κ1) is 13.4. The summed E-state index contributed by atoms with van der Waals surface area (Å²) < 4.78 is 4.88. The maximum Gasteiger partial charge on any atom is 0.412 e. The topological polar surface area (TPSA) is 68.3 Å². The van der Waals surface area contributed by atoms with Crippen LogP contribution in [0.5, 0.6) is 0 Å². The molecule has 0 saturated carbocycles. The van der Waals surface area contributed by atoms with Crippen LogP contribution in [0.25, 0.3) is 0 Å². The van der Waals surface area contributed by atoms with Gasteiger partial charge in [0.05, 0.1) is 12.2 Å². The van der Waals surface area contributed by atoms with Crippen LogP contribution in [0.2, 0.25) is 5.15 Å². The van der Waals surface area contributed by atoms with E-state index in [2.05, 4.69) is 10.3 Å². The molecule has 0 unspecified atom stereocenters. The van der Waals surface area contributed by atoms with Crippen LogP contribution >= 0.6 is 11.6 Å². The predicted octanol–water partition coefficient (Wildman–Crippen LogP) is 2.90. The predicted molar refractivity (Wildman–Crippen MR) is 64.5 cm³/mol. The Bertz CT molecular complexity index is 410. The third-order valence-corrected chi connectivity index (χ3v) is 2.18. The van der Waals surface area contributed by atoms with Crippen LogP contribution < -0.4 is 5.32 Å². The second kappa shape index (κ2) is 6.85. The van der Waals surface area contributed by atoms with Crippen LogP contribution in [0.4, 0.5) is 10.6 Å². The molecule has 1 aromatic heterocycles. The Labute approximate surface area is 104 Å². The Morgan fingerprint density at radius 1 is 1.59 bits per heavy atom. The highest BCUT2D eigenvalue weighted by atomic mass is 35.5. The maximum atomic E-state index is 11.3. The quantitative estimate of drug-likeness (QED) is 0.500. The summed E-state index contributed by atoms with van der Waals surface area (Å²) in [7, 11) is 0. The van der Waals surface area contributed by atoms with Crippen LogP contribution in [0.3, 0.4) is 0 Å². The third kappa shape index (κ3) is 4.40. The summed E-state index contributed by atoms with van der Waals surface area (Å²) in [5.41, 5.74) is 0.252. The van der Waals surface area contributed by atoms with E-state index in [9.17, 15) is 9.59 Å². The van der Waals surface area contributed by atoms with Gasteiger partial charge in [0.15, 0.2) is 6.29 Å². The zero-order valence-electron chi connectivity index (χ0n) is 9.40. The van der Waals surface area contributed by atoms with Crippen molar-refractivity contribution in [1.82, 2.24) is 4.98 Å². The van der Waals surface area contributed by atoms with E-state index < -0.39 is 6.09 Å². The van der Waals surface area contributed by atoms with Gasteiger partial charge in [0, 0.05) is 0 Å². The van der Waals surface area contributed by atoms with Gasteiger partial charge in [-0.25, -0.2) is 9.78 Å². The number of unbranched alkanes of at least 4 members (excludes halogenated alkanes) is 1. The molecule has 0 aliphatic carbocycles. The van der Waals surface area contributed by atoms with Gasteiger partial charge in [-0.2, -0.15) is 0 Å². The molecule has 92 valence electrons. The number of nitrogens with one attached hydrogen (secondary N) is 1. The van der Waals surface area contributed by atoms with Crippen LogP contribution in [-0.4, -0.2) is 24.0 Å². The van der Waals surface area contributed by atoms with E-state index >= 15 is 0 Å². The highest BCUT2D eigenvalue weighted by Gasteiger charge is 2.09. The zero-order chi connectivity index (χ0) is 12.7. The molecule has 0 bridgehead atoms. The number of aromatic nitrogens is 1. The molecular weight excluding hydrogens is 244 g/mol. The number of rotatable bonds is 5. The van der Waals surface area contributed by atoms with Crippen molar-refractivity contribution < 1.29 is 14.3 Å². The highest BCUT2D eigenvalue weighted by Crippen LogP contribution is 2.14. The van der Waals surface area contributed by atoms with Gasteiger partial charge >= 0.3 is 6.09 Å². The lowest BCUT2D eigenvalue weighted by atomic mass is 10.3. The van der Waals surface area contributed by atoms with Crippen molar-refractivity contribution in [2.24, 2.45) is 0 Å². The number of carbonyl (C=O) groups is 2. The van der Waals surface area contributed by atoms with E-state index in [1.165, 1.54) is 12.1 Å². The number of amides is 1. The molecule has 1 N–H and O–H groups in total. The largest absolute Gasteiger partial charge is 0.449 e. The summed E-state index contributed by atoms with van der Waals surface area (Å²) in [5, 5.41) is 2.57. The molecule has 0 radical (unpaired) electrons. The molecule has 1 aromatic rings. The first-order chi connectivity index (χ1) is 8.17. The Morgan fingerprint density at radius 2 is 2.35 bits per heavy atom. The van der Waals surface area contributed by atoms with Gasteiger partial charge in [-0.15, -0.1) is 0 Å². The van der Waals surface area contributed by atoms with Gasteiger partial charge in [0.2, 0.25) is 0 Å². The van der Waals surface area contributed by atoms with Gasteiger partial charge < -0.3 is 4.74 Å². The first-order valence-electron chi connectivity index (χ1n) is 5.23. The van der Waals surface area contributed by atoms with E-state index in [4.69, 9.17) is 16.3 Å². The molecule has 1 rings (SSSR count). The molecule has 5 nitrogen and oxygen atoms in total. The number of hydrogen-bond acceptors (Lipinski definition) is 4. The van der Waals surface area contributed by atoms with E-state index in [-0.39, 0.29) is 16.5 Å². The fraction of sp³-hybridized carbons (Fsp3) is 0.364. The van der Waals surface area contributed by atoms with E-state index in [1.54, 1.807) is 0 Å². The number of halogens is 1. The van der Waals surface area contributed by atoms with Crippen molar-refractivity contribution in [3.8, 4) is 0 Å². The molecule has 1 amide bonds. The first-order valence-corrected chi connectivity index (χ1v) is 5.60. The van der Waals surface area contributed by atoms with Crippen LogP contribution in [0, 0.1) is 0 Å². The number of anilines is 1. The summed E-state index contributed by atoms with van der Waals surface area (Å²) in [5.74, 6) is 0.106. The minimum absolute atomic E-state index is 0.106. The maximum absolute atomic E-state index is 11.3. The Balaban J connectivity index is 2.63. The van der Waals surface area contributed by atoms with Gasteiger partial charge in [0.1, 0.15) is 11.0 Å². The lowest BCUT2D eigenvalue weighted by molar-refractivity contribution is 0.112. The van der Waals surface area contributed by atoms with Gasteiger partial charge in [-0.3, -0.25) is 10.1 Å².